The van der Waals surface area contributed by atoms with Crippen LogP contribution >= 0.6 is 11.8 Å². The van der Waals surface area contributed by atoms with E-state index in [0.717, 1.165) is 18.7 Å². The van der Waals surface area contributed by atoms with Crippen molar-refractivity contribution in [3.63, 3.8) is 0 Å². The summed E-state index contributed by atoms with van der Waals surface area (Å²) in [5, 5.41) is 3.33. The second-order valence-electron chi connectivity index (χ2n) is 6.59. The molecule has 116 valence electrons. The number of hydrogen-bond donors (Lipinski definition) is 1. The Balaban J connectivity index is 2.10. The van der Waals surface area contributed by atoms with Gasteiger partial charge >= 0.3 is 0 Å². The van der Waals surface area contributed by atoms with Crippen molar-refractivity contribution in [3.8, 4) is 0 Å². The fourth-order valence-electron chi connectivity index (χ4n) is 2.64. The van der Waals surface area contributed by atoms with Crippen LogP contribution in [0.15, 0.2) is 24.3 Å². The number of carbonyl (C=O) groups is 1. The Hall–Kier alpha value is -1.00. The monoisotopic (exact) mass is 306 g/mol. The van der Waals surface area contributed by atoms with Crippen LogP contribution < -0.4 is 5.32 Å². The van der Waals surface area contributed by atoms with E-state index in [1.165, 1.54) is 11.1 Å². The predicted octanol–water partition coefficient (Wildman–Crippen LogP) is 3.17. The Morgan fingerprint density at radius 3 is 2.52 bits per heavy atom. The smallest absolute Gasteiger partial charge is 0.238 e. The van der Waals surface area contributed by atoms with Crippen LogP contribution in [0.4, 0.5) is 0 Å². The molecule has 0 radical (unpaired) electrons. The summed E-state index contributed by atoms with van der Waals surface area (Å²) in [4.78, 5) is 14.0. The highest BCUT2D eigenvalue weighted by Crippen LogP contribution is 2.27. The molecule has 1 unspecified atom stereocenters. The van der Waals surface area contributed by atoms with Crippen molar-refractivity contribution in [2.45, 2.75) is 38.8 Å². The summed E-state index contributed by atoms with van der Waals surface area (Å²) in [6, 6.07) is 8.66. The fraction of sp³-hybridized carbons (Fsp3) is 0.588. The van der Waals surface area contributed by atoms with Crippen LogP contribution in [0.1, 0.15) is 44.5 Å². The zero-order valence-electron chi connectivity index (χ0n) is 13.5. The average Bonchev–Trinajstić information content (AvgIpc) is 2.80. The highest BCUT2D eigenvalue weighted by molar-refractivity contribution is 7.98. The average molecular weight is 306 g/mol. The quantitative estimate of drug-likeness (QED) is 0.848. The highest BCUT2D eigenvalue weighted by atomic mass is 32.2. The molecule has 1 heterocycles. The van der Waals surface area contributed by atoms with Gasteiger partial charge in [-0.15, -0.1) is 0 Å². The molecule has 21 heavy (non-hydrogen) atoms. The molecule has 0 bridgehead atoms. The third-order valence-corrected chi connectivity index (χ3v) is 4.62. The second-order valence-corrected chi connectivity index (χ2v) is 7.57. The summed E-state index contributed by atoms with van der Waals surface area (Å²) < 4.78 is 0. The maximum atomic E-state index is 12.0. The van der Waals surface area contributed by atoms with Crippen LogP contribution in [-0.4, -0.2) is 35.9 Å². The molecule has 1 saturated heterocycles. The fourth-order valence-corrected chi connectivity index (χ4v) is 3.05. The Kier molecular flexibility index (Phi) is 5.33. The van der Waals surface area contributed by atoms with Crippen molar-refractivity contribution in [1.82, 2.24) is 10.2 Å². The van der Waals surface area contributed by atoms with Gasteiger partial charge in [0.1, 0.15) is 6.17 Å². The molecule has 1 aliphatic heterocycles. The van der Waals surface area contributed by atoms with E-state index >= 15 is 0 Å². The third-order valence-electron chi connectivity index (χ3n) is 3.92. The van der Waals surface area contributed by atoms with Crippen LogP contribution in [0.5, 0.6) is 0 Å². The summed E-state index contributed by atoms with van der Waals surface area (Å²) in [7, 11) is 0. The zero-order chi connectivity index (χ0) is 15.5. The first-order chi connectivity index (χ1) is 9.93. The first-order valence-electron chi connectivity index (χ1n) is 7.55. The van der Waals surface area contributed by atoms with Gasteiger partial charge in [-0.2, -0.15) is 11.8 Å². The lowest BCUT2D eigenvalue weighted by Crippen LogP contribution is -2.31. The number of benzene rings is 1. The number of amides is 1. The maximum Gasteiger partial charge on any atom is 0.238 e. The van der Waals surface area contributed by atoms with E-state index in [1.807, 2.05) is 16.7 Å². The van der Waals surface area contributed by atoms with Gasteiger partial charge in [0.25, 0.3) is 0 Å². The van der Waals surface area contributed by atoms with E-state index < -0.39 is 0 Å². The summed E-state index contributed by atoms with van der Waals surface area (Å²) in [5.41, 5.74) is 2.66. The van der Waals surface area contributed by atoms with Gasteiger partial charge < -0.3 is 4.90 Å². The Morgan fingerprint density at radius 2 is 1.95 bits per heavy atom. The van der Waals surface area contributed by atoms with Gasteiger partial charge in [-0.3, -0.25) is 10.1 Å². The second kappa shape index (κ2) is 6.84. The number of nitrogens with zero attached hydrogens (tertiary/aromatic N) is 1. The largest absolute Gasteiger partial charge is 0.322 e. The molecule has 0 aliphatic carbocycles. The van der Waals surface area contributed by atoms with Crippen molar-refractivity contribution < 1.29 is 4.79 Å². The molecule has 1 aliphatic rings. The standard InChI is InChI=1S/C17H26N2OS/c1-17(2,3)14-8-6-13(7-9-14)16-18-12-15(20)19(16)10-5-11-21-4/h6-9,16,18H,5,10-12H2,1-4H3. The van der Waals surface area contributed by atoms with Gasteiger partial charge in [-0.1, -0.05) is 45.0 Å². The van der Waals surface area contributed by atoms with E-state index in [2.05, 4.69) is 56.6 Å². The summed E-state index contributed by atoms with van der Waals surface area (Å²) in [6.07, 6.45) is 3.19. The van der Waals surface area contributed by atoms with Crippen molar-refractivity contribution in [2.24, 2.45) is 0 Å². The van der Waals surface area contributed by atoms with Crippen LogP contribution in [-0.2, 0) is 10.2 Å². The molecular formula is C17H26N2OS. The topological polar surface area (TPSA) is 32.3 Å². The van der Waals surface area contributed by atoms with Gasteiger partial charge in [0, 0.05) is 6.54 Å². The molecular weight excluding hydrogens is 280 g/mol. The minimum absolute atomic E-state index is 0.0355. The summed E-state index contributed by atoms with van der Waals surface area (Å²) in [6.45, 7) is 7.93. The van der Waals surface area contributed by atoms with Crippen molar-refractivity contribution in [2.75, 3.05) is 25.1 Å². The first kappa shape index (κ1) is 16.4. The van der Waals surface area contributed by atoms with Gasteiger partial charge in [-0.05, 0) is 35.0 Å². The van der Waals surface area contributed by atoms with Crippen LogP contribution in [0.2, 0.25) is 0 Å². The van der Waals surface area contributed by atoms with Crippen LogP contribution in [0.3, 0.4) is 0 Å². The van der Waals surface area contributed by atoms with E-state index in [0.29, 0.717) is 6.54 Å². The number of carbonyl (C=O) groups excluding carboxylic acids is 1. The lowest BCUT2D eigenvalue weighted by Gasteiger charge is -2.26. The molecule has 1 aromatic carbocycles. The lowest BCUT2D eigenvalue weighted by atomic mass is 9.86. The predicted molar refractivity (Wildman–Crippen MR) is 90.6 cm³/mol. The van der Waals surface area contributed by atoms with Crippen molar-refractivity contribution in [3.05, 3.63) is 35.4 Å². The molecule has 2 rings (SSSR count). The molecule has 0 spiro atoms. The Morgan fingerprint density at radius 1 is 1.29 bits per heavy atom. The van der Waals surface area contributed by atoms with Gasteiger partial charge in [0.15, 0.2) is 0 Å². The Bertz CT molecular complexity index is 479. The normalized spacial score (nSPS) is 19.3. The molecule has 0 saturated carbocycles. The number of thioether (sulfide) groups is 1. The molecule has 3 nitrogen and oxygen atoms in total. The molecule has 1 N–H and O–H groups in total. The third kappa shape index (κ3) is 4.01. The molecule has 1 fully saturated rings. The first-order valence-corrected chi connectivity index (χ1v) is 8.95. The number of hydrogen-bond acceptors (Lipinski definition) is 3. The van der Waals surface area contributed by atoms with E-state index in [4.69, 9.17) is 0 Å². The molecule has 1 atom stereocenters. The number of rotatable bonds is 5. The minimum Gasteiger partial charge on any atom is -0.322 e. The van der Waals surface area contributed by atoms with E-state index in [9.17, 15) is 4.79 Å². The van der Waals surface area contributed by atoms with E-state index in [-0.39, 0.29) is 17.5 Å². The Labute approximate surface area is 132 Å². The van der Waals surface area contributed by atoms with Gasteiger partial charge in [-0.25, -0.2) is 0 Å². The summed E-state index contributed by atoms with van der Waals surface area (Å²) >= 11 is 1.83. The van der Waals surface area contributed by atoms with Crippen molar-refractivity contribution >= 4 is 17.7 Å². The molecule has 4 heteroatoms. The number of nitrogens with one attached hydrogen (secondary N) is 1. The van der Waals surface area contributed by atoms with E-state index in [1.54, 1.807) is 0 Å². The summed E-state index contributed by atoms with van der Waals surface area (Å²) in [5.74, 6) is 1.31. The maximum absolute atomic E-state index is 12.0. The molecule has 1 amide bonds. The van der Waals surface area contributed by atoms with Crippen molar-refractivity contribution in [1.29, 1.82) is 0 Å². The van der Waals surface area contributed by atoms with Crippen LogP contribution in [0, 0.1) is 0 Å². The highest BCUT2D eigenvalue weighted by Gasteiger charge is 2.31. The zero-order valence-corrected chi connectivity index (χ0v) is 14.3. The lowest BCUT2D eigenvalue weighted by molar-refractivity contribution is -0.128. The van der Waals surface area contributed by atoms with Gasteiger partial charge in [0.05, 0.1) is 6.54 Å². The minimum atomic E-state index is 0.0355. The molecule has 0 aromatic heterocycles. The van der Waals surface area contributed by atoms with Gasteiger partial charge in [0.2, 0.25) is 5.91 Å². The molecule has 1 aromatic rings. The SMILES string of the molecule is CSCCCN1C(=O)CNC1c1ccc(C(C)(C)C)cc1. The van der Waals surface area contributed by atoms with Crippen LogP contribution in [0.25, 0.3) is 0 Å².